The molecule has 5 heteroatoms. The molecule has 20 heavy (non-hydrogen) atoms. The molecule has 0 aromatic heterocycles. The van der Waals surface area contributed by atoms with E-state index in [9.17, 15) is 9.59 Å². The lowest BCUT2D eigenvalue weighted by Crippen LogP contribution is -2.03. The summed E-state index contributed by atoms with van der Waals surface area (Å²) in [5, 5.41) is 2.76. The van der Waals surface area contributed by atoms with Crippen LogP contribution >= 0.6 is 31.9 Å². The highest BCUT2D eigenvalue weighted by molar-refractivity contribution is 9.11. The molecule has 1 aliphatic rings. The van der Waals surface area contributed by atoms with Gasteiger partial charge in [0.15, 0.2) is 5.78 Å². The van der Waals surface area contributed by atoms with Gasteiger partial charge in [-0.15, -0.1) is 0 Å². The van der Waals surface area contributed by atoms with Crippen molar-refractivity contribution in [2.75, 3.05) is 5.32 Å². The Hall–Kier alpha value is -1.46. The Bertz CT molecular complexity index is 720. The van der Waals surface area contributed by atoms with Gasteiger partial charge in [-0.05, 0) is 42.0 Å². The van der Waals surface area contributed by atoms with Crippen LogP contribution in [-0.4, -0.2) is 11.7 Å². The molecule has 0 saturated carbocycles. The van der Waals surface area contributed by atoms with Crippen LogP contribution in [0.4, 0.5) is 5.69 Å². The quantitative estimate of drug-likeness (QED) is 0.784. The molecule has 0 radical (unpaired) electrons. The molecule has 1 heterocycles. The van der Waals surface area contributed by atoms with Gasteiger partial charge in [-0.1, -0.05) is 31.9 Å². The van der Waals surface area contributed by atoms with E-state index >= 15 is 0 Å². The van der Waals surface area contributed by atoms with E-state index in [-0.39, 0.29) is 11.7 Å². The average molecular weight is 395 g/mol. The van der Waals surface area contributed by atoms with Gasteiger partial charge < -0.3 is 5.32 Å². The Balaban J connectivity index is 1.99. The van der Waals surface area contributed by atoms with Gasteiger partial charge in [-0.25, -0.2) is 0 Å². The predicted octanol–water partition coefficient (Wildman–Crippen LogP) is 3.94. The number of halogens is 2. The number of nitrogens with one attached hydrogen (secondary N) is 1. The number of carbonyl (C=O) groups excluding carboxylic acids is 2. The first-order chi connectivity index (χ1) is 9.52. The molecule has 3 nitrogen and oxygen atoms in total. The van der Waals surface area contributed by atoms with Gasteiger partial charge in [0, 0.05) is 25.8 Å². The first-order valence-corrected chi connectivity index (χ1v) is 7.55. The fraction of sp³-hybridized carbons (Fsp3) is 0.0667. The smallest absolute Gasteiger partial charge is 0.228 e. The van der Waals surface area contributed by atoms with Crippen LogP contribution in [-0.2, 0) is 11.2 Å². The van der Waals surface area contributed by atoms with Gasteiger partial charge in [-0.3, -0.25) is 9.59 Å². The minimum atomic E-state index is -0.0610. The lowest BCUT2D eigenvalue weighted by Gasteiger charge is -2.05. The molecule has 1 N–H and O–H groups in total. The molecule has 0 unspecified atom stereocenters. The molecule has 1 aliphatic heterocycles. The minimum absolute atomic E-state index is 0.0326. The highest BCUT2D eigenvalue weighted by Crippen LogP contribution is 2.26. The number of hydrogen-bond donors (Lipinski definition) is 1. The minimum Gasteiger partial charge on any atom is -0.326 e. The summed E-state index contributed by atoms with van der Waals surface area (Å²) >= 11 is 6.75. The van der Waals surface area contributed by atoms with Crippen LogP contribution < -0.4 is 5.32 Å². The van der Waals surface area contributed by atoms with Crippen molar-refractivity contribution in [3.8, 4) is 0 Å². The molecular weight excluding hydrogens is 386 g/mol. The molecule has 0 bridgehead atoms. The summed E-state index contributed by atoms with van der Waals surface area (Å²) in [4.78, 5) is 23.8. The third-order valence-corrected chi connectivity index (χ3v) is 4.03. The number of anilines is 1. The maximum absolute atomic E-state index is 12.5. The van der Waals surface area contributed by atoms with Gasteiger partial charge >= 0.3 is 0 Å². The van der Waals surface area contributed by atoms with E-state index in [1.54, 1.807) is 30.3 Å². The van der Waals surface area contributed by atoms with Crippen LogP contribution in [0.3, 0.4) is 0 Å². The van der Waals surface area contributed by atoms with Crippen molar-refractivity contribution >= 4 is 49.2 Å². The summed E-state index contributed by atoms with van der Waals surface area (Å²) in [5.74, 6) is -0.0936. The summed E-state index contributed by atoms with van der Waals surface area (Å²) in [6.07, 6.45) is 0.332. The van der Waals surface area contributed by atoms with Gasteiger partial charge in [0.1, 0.15) is 0 Å². The van der Waals surface area contributed by atoms with E-state index in [2.05, 4.69) is 37.2 Å². The van der Waals surface area contributed by atoms with Gasteiger partial charge in [0.2, 0.25) is 5.91 Å². The maximum Gasteiger partial charge on any atom is 0.228 e. The van der Waals surface area contributed by atoms with E-state index in [0.717, 1.165) is 20.2 Å². The zero-order chi connectivity index (χ0) is 14.3. The zero-order valence-corrected chi connectivity index (χ0v) is 13.4. The summed E-state index contributed by atoms with van der Waals surface area (Å²) in [6.45, 7) is 0. The fourth-order valence-corrected chi connectivity index (χ4v) is 3.52. The standard InChI is InChI=1S/C15H9Br2NO2/c16-11-4-10(5-12(17)7-11)15(20)8-1-2-13-9(3-8)6-14(19)18-13/h1-5,7H,6H2,(H,18,19). The molecule has 1 amide bonds. The number of benzene rings is 2. The first kappa shape index (κ1) is 13.5. The van der Waals surface area contributed by atoms with Crippen molar-refractivity contribution < 1.29 is 9.59 Å². The number of ketones is 1. The summed E-state index contributed by atoms with van der Waals surface area (Å²) in [7, 11) is 0. The second-order valence-corrected chi connectivity index (χ2v) is 6.42. The number of carbonyl (C=O) groups is 2. The lowest BCUT2D eigenvalue weighted by molar-refractivity contribution is -0.115. The van der Waals surface area contributed by atoms with Gasteiger partial charge in [-0.2, -0.15) is 0 Å². The molecule has 3 rings (SSSR count). The average Bonchev–Trinajstić information content (AvgIpc) is 2.75. The summed E-state index contributed by atoms with van der Waals surface area (Å²) in [6, 6.07) is 10.7. The Labute approximate surface area is 132 Å². The van der Waals surface area contributed by atoms with E-state index in [1.807, 2.05) is 6.07 Å². The van der Waals surface area contributed by atoms with Crippen molar-refractivity contribution in [3.63, 3.8) is 0 Å². The second kappa shape index (κ2) is 5.14. The molecule has 2 aromatic rings. The third kappa shape index (κ3) is 2.55. The van der Waals surface area contributed by atoms with Gasteiger partial charge in [0.25, 0.3) is 0 Å². The molecule has 0 atom stereocenters. The van der Waals surface area contributed by atoms with Crippen LogP contribution in [0.5, 0.6) is 0 Å². The number of amides is 1. The monoisotopic (exact) mass is 393 g/mol. The molecule has 0 spiro atoms. The van der Waals surface area contributed by atoms with Crippen LogP contribution in [0, 0.1) is 0 Å². The Morgan fingerprint density at radius 3 is 2.40 bits per heavy atom. The molecule has 100 valence electrons. The topological polar surface area (TPSA) is 46.2 Å². The summed E-state index contributed by atoms with van der Waals surface area (Å²) < 4.78 is 1.68. The molecular formula is C15H9Br2NO2. The number of hydrogen-bond acceptors (Lipinski definition) is 2. The third-order valence-electron chi connectivity index (χ3n) is 3.12. The molecule has 2 aromatic carbocycles. The van der Waals surface area contributed by atoms with E-state index in [1.165, 1.54) is 0 Å². The van der Waals surface area contributed by atoms with Crippen LogP contribution in [0.15, 0.2) is 45.3 Å². The van der Waals surface area contributed by atoms with Crippen LogP contribution in [0.25, 0.3) is 0 Å². The maximum atomic E-state index is 12.5. The van der Waals surface area contributed by atoms with E-state index in [0.29, 0.717) is 17.5 Å². The normalized spacial score (nSPS) is 13.0. The van der Waals surface area contributed by atoms with Crippen molar-refractivity contribution in [2.45, 2.75) is 6.42 Å². The number of fused-ring (bicyclic) bond motifs is 1. The molecule has 0 aliphatic carbocycles. The Kier molecular flexibility index (Phi) is 3.48. The Morgan fingerprint density at radius 1 is 1.00 bits per heavy atom. The Morgan fingerprint density at radius 2 is 1.70 bits per heavy atom. The van der Waals surface area contributed by atoms with Crippen molar-refractivity contribution in [2.24, 2.45) is 0 Å². The van der Waals surface area contributed by atoms with Gasteiger partial charge in [0.05, 0.1) is 6.42 Å². The van der Waals surface area contributed by atoms with E-state index < -0.39 is 0 Å². The van der Waals surface area contributed by atoms with Crippen LogP contribution in [0.2, 0.25) is 0 Å². The zero-order valence-electron chi connectivity index (χ0n) is 10.2. The van der Waals surface area contributed by atoms with Crippen molar-refractivity contribution in [3.05, 3.63) is 62.0 Å². The SMILES string of the molecule is O=C1Cc2cc(C(=O)c3cc(Br)cc(Br)c3)ccc2N1. The first-order valence-electron chi connectivity index (χ1n) is 5.96. The highest BCUT2D eigenvalue weighted by atomic mass is 79.9. The highest BCUT2D eigenvalue weighted by Gasteiger charge is 2.19. The molecule has 0 saturated heterocycles. The van der Waals surface area contributed by atoms with Crippen molar-refractivity contribution in [1.82, 2.24) is 0 Å². The number of rotatable bonds is 2. The predicted molar refractivity (Wildman–Crippen MR) is 84.1 cm³/mol. The summed E-state index contributed by atoms with van der Waals surface area (Å²) in [5.41, 5.74) is 2.85. The fourth-order valence-electron chi connectivity index (χ4n) is 2.22. The largest absolute Gasteiger partial charge is 0.326 e. The van der Waals surface area contributed by atoms with Crippen molar-refractivity contribution in [1.29, 1.82) is 0 Å². The lowest BCUT2D eigenvalue weighted by atomic mass is 10.0. The van der Waals surface area contributed by atoms with Crippen LogP contribution in [0.1, 0.15) is 21.5 Å². The second-order valence-electron chi connectivity index (χ2n) is 4.58. The molecule has 0 fully saturated rings. The van der Waals surface area contributed by atoms with E-state index in [4.69, 9.17) is 0 Å².